The van der Waals surface area contributed by atoms with E-state index in [1.165, 1.54) is 5.56 Å². The van der Waals surface area contributed by atoms with E-state index >= 15 is 0 Å². The van der Waals surface area contributed by atoms with Crippen molar-refractivity contribution in [3.63, 3.8) is 0 Å². The van der Waals surface area contributed by atoms with E-state index in [4.69, 9.17) is 0 Å². The Labute approximate surface area is 245 Å². The molecule has 1 amide bonds. The van der Waals surface area contributed by atoms with Gasteiger partial charge in [0.2, 0.25) is 0 Å². The number of amides is 1. The van der Waals surface area contributed by atoms with Crippen molar-refractivity contribution in [3.8, 4) is 17.2 Å². The molecule has 0 aliphatic heterocycles. The fraction of sp³-hybridized carbons (Fsp3) is 0.278. The fourth-order valence-electron chi connectivity index (χ4n) is 4.87. The second-order valence-corrected chi connectivity index (χ2v) is 10.7. The van der Waals surface area contributed by atoms with Gasteiger partial charge in [-0.1, -0.05) is 78.4 Å². The predicted octanol–water partition coefficient (Wildman–Crippen LogP) is 6.73. The molecule has 0 saturated heterocycles. The van der Waals surface area contributed by atoms with Crippen LogP contribution in [0.15, 0.2) is 114 Å². The molecule has 212 valence electrons. The van der Waals surface area contributed by atoms with Crippen LogP contribution in [0.25, 0.3) is 11.1 Å². The average Bonchev–Trinajstić information content (AvgIpc) is 2.98. The number of nitrogens with zero attached hydrogens (tertiary/aromatic N) is 2. The SMILES string of the molecule is C\C=C/C=C(C#N)\C=C(/C)CC(CO)C(Cc1ccccc1)NC(=O)c1ccc(-c2cccc(CN(C)C)c2)cc1. The van der Waals surface area contributed by atoms with Crippen LogP contribution < -0.4 is 5.32 Å². The molecule has 2 unspecified atom stereocenters. The van der Waals surface area contributed by atoms with Crippen LogP contribution in [-0.4, -0.2) is 42.7 Å². The molecule has 0 aromatic heterocycles. The lowest BCUT2D eigenvalue weighted by Gasteiger charge is -2.27. The first-order valence-corrected chi connectivity index (χ1v) is 14.0. The van der Waals surface area contributed by atoms with E-state index in [-0.39, 0.29) is 24.5 Å². The first kappa shape index (κ1) is 31.3. The molecule has 0 radical (unpaired) electrons. The molecule has 3 aromatic rings. The number of nitriles is 1. The van der Waals surface area contributed by atoms with Crippen LogP contribution in [-0.2, 0) is 13.0 Å². The number of aliphatic hydroxyl groups is 1. The Morgan fingerprint density at radius 2 is 1.71 bits per heavy atom. The van der Waals surface area contributed by atoms with Crippen molar-refractivity contribution in [2.75, 3.05) is 20.7 Å². The summed E-state index contributed by atoms with van der Waals surface area (Å²) in [5.74, 6) is -0.402. The standard InChI is InChI=1S/C36H41N3O2/c1-5-6-11-29(24-37)20-27(2)21-34(26-40)35(23-28-12-8-7-9-13-28)38-36(41)32-18-16-31(17-19-32)33-15-10-14-30(22-33)25-39(3)4/h5-20,22,34-35,40H,21,23,25-26H2,1-4H3,(H,38,41)/b6-5-,27-20+,29-11+. The molecule has 0 saturated carbocycles. The maximum Gasteiger partial charge on any atom is 0.251 e. The van der Waals surface area contributed by atoms with Gasteiger partial charge in [-0.3, -0.25) is 4.79 Å². The van der Waals surface area contributed by atoms with Crippen LogP contribution in [0.1, 0.15) is 41.8 Å². The van der Waals surface area contributed by atoms with E-state index in [0.717, 1.165) is 28.8 Å². The Morgan fingerprint density at radius 1 is 1.00 bits per heavy atom. The first-order valence-electron chi connectivity index (χ1n) is 14.0. The zero-order valence-electron chi connectivity index (χ0n) is 24.5. The minimum Gasteiger partial charge on any atom is -0.396 e. The Hall–Kier alpha value is -4.24. The molecule has 2 atom stereocenters. The lowest BCUT2D eigenvalue weighted by Crippen LogP contribution is -2.43. The number of aliphatic hydroxyl groups excluding tert-OH is 1. The Balaban J connectivity index is 1.81. The Kier molecular flexibility index (Phi) is 12.3. The molecule has 2 N–H and O–H groups in total. The summed E-state index contributed by atoms with van der Waals surface area (Å²) in [5, 5.41) is 23.1. The molecular formula is C36H41N3O2. The van der Waals surface area contributed by atoms with Gasteiger partial charge in [0.05, 0.1) is 11.6 Å². The molecule has 0 aliphatic carbocycles. The Bertz CT molecular complexity index is 1400. The van der Waals surface area contributed by atoms with Gasteiger partial charge in [0.15, 0.2) is 0 Å². The number of rotatable bonds is 13. The molecular weight excluding hydrogens is 506 g/mol. The van der Waals surface area contributed by atoms with Crippen molar-refractivity contribution in [2.45, 2.75) is 39.3 Å². The number of carbonyl (C=O) groups excluding carboxylic acids is 1. The predicted molar refractivity (Wildman–Crippen MR) is 168 cm³/mol. The zero-order valence-corrected chi connectivity index (χ0v) is 24.5. The van der Waals surface area contributed by atoms with Gasteiger partial charge >= 0.3 is 0 Å². The van der Waals surface area contributed by atoms with E-state index in [2.05, 4.69) is 54.6 Å². The van der Waals surface area contributed by atoms with Gasteiger partial charge in [-0.15, -0.1) is 0 Å². The second kappa shape index (κ2) is 16.1. The highest BCUT2D eigenvalue weighted by atomic mass is 16.3. The summed E-state index contributed by atoms with van der Waals surface area (Å²) in [6.07, 6.45) is 8.44. The van der Waals surface area contributed by atoms with Crippen molar-refractivity contribution >= 4 is 5.91 Å². The second-order valence-electron chi connectivity index (χ2n) is 10.7. The average molecular weight is 548 g/mol. The van der Waals surface area contributed by atoms with Gasteiger partial charge in [-0.05, 0) is 93.4 Å². The molecule has 0 spiro atoms. The van der Waals surface area contributed by atoms with Crippen LogP contribution in [0.5, 0.6) is 0 Å². The minimum atomic E-state index is -0.300. The molecule has 41 heavy (non-hydrogen) atoms. The molecule has 0 bridgehead atoms. The summed E-state index contributed by atoms with van der Waals surface area (Å²) in [6.45, 7) is 4.63. The molecule has 0 fully saturated rings. The summed E-state index contributed by atoms with van der Waals surface area (Å²) < 4.78 is 0. The van der Waals surface area contributed by atoms with Gasteiger partial charge in [-0.25, -0.2) is 0 Å². The smallest absolute Gasteiger partial charge is 0.251 e. The van der Waals surface area contributed by atoms with Crippen LogP contribution in [0.2, 0.25) is 0 Å². The van der Waals surface area contributed by atoms with Gasteiger partial charge < -0.3 is 15.3 Å². The molecule has 0 heterocycles. The summed E-state index contributed by atoms with van der Waals surface area (Å²) in [7, 11) is 4.10. The van der Waals surface area contributed by atoms with Crippen molar-refractivity contribution in [1.29, 1.82) is 5.26 Å². The number of benzene rings is 3. The van der Waals surface area contributed by atoms with Crippen molar-refractivity contribution < 1.29 is 9.90 Å². The number of hydrogen-bond donors (Lipinski definition) is 2. The van der Waals surface area contributed by atoms with Crippen LogP contribution in [0.3, 0.4) is 0 Å². The van der Waals surface area contributed by atoms with Gasteiger partial charge in [0.1, 0.15) is 0 Å². The molecule has 3 rings (SSSR count). The van der Waals surface area contributed by atoms with Crippen molar-refractivity contribution in [2.24, 2.45) is 5.92 Å². The normalized spacial score (nSPS) is 13.7. The summed E-state index contributed by atoms with van der Waals surface area (Å²) in [5.41, 5.74) is 6.56. The maximum absolute atomic E-state index is 13.4. The topological polar surface area (TPSA) is 76.4 Å². The Morgan fingerprint density at radius 3 is 2.34 bits per heavy atom. The highest BCUT2D eigenvalue weighted by molar-refractivity contribution is 5.95. The van der Waals surface area contributed by atoms with Crippen LogP contribution in [0.4, 0.5) is 0 Å². The van der Waals surface area contributed by atoms with Crippen LogP contribution >= 0.6 is 0 Å². The fourth-order valence-corrected chi connectivity index (χ4v) is 4.87. The zero-order chi connectivity index (χ0) is 29.6. The summed E-state index contributed by atoms with van der Waals surface area (Å²) >= 11 is 0. The first-order chi connectivity index (χ1) is 19.8. The highest BCUT2D eigenvalue weighted by Crippen LogP contribution is 2.23. The lowest BCUT2D eigenvalue weighted by atomic mass is 9.88. The number of hydrogen-bond acceptors (Lipinski definition) is 4. The number of nitrogens with one attached hydrogen (secondary N) is 1. The molecule has 3 aromatic carbocycles. The van der Waals surface area contributed by atoms with E-state index in [0.29, 0.717) is 24.0 Å². The number of carbonyl (C=O) groups is 1. The quantitative estimate of drug-likeness (QED) is 0.184. The molecule has 5 nitrogen and oxygen atoms in total. The van der Waals surface area contributed by atoms with Crippen LogP contribution in [0, 0.1) is 17.2 Å². The van der Waals surface area contributed by atoms with Crippen molar-refractivity contribution in [1.82, 2.24) is 10.2 Å². The number of allylic oxidation sites excluding steroid dienone is 6. The van der Waals surface area contributed by atoms with Gasteiger partial charge in [-0.2, -0.15) is 5.26 Å². The monoisotopic (exact) mass is 547 g/mol. The maximum atomic E-state index is 13.4. The summed E-state index contributed by atoms with van der Waals surface area (Å²) in [6, 6.07) is 28.0. The minimum absolute atomic E-state index is 0.0916. The van der Waals surface area contributed by atoms with Crippen molar-refractivity contribution in [3.05, 3.63) is 131 Å². The molecule has 0 aliphatic rings. The van der Waals surface area contributed by atoms with E-state index in [1.807, 2.05) is 86.7 Å². The highest BCUT2D eigenvalue weighted by Gasteiger charge is 2.24. The van der Waals surface area contributed by atoms with E-state index in [1.54, 1.807) is 6.08 Å². The third-order valence-corrected chi connectivity index (χ3v) is 6.91. The third kappa shape index (κ3) is 10.0. The van der Waals surface area contributed by atoms with E-state index in [9.17, 15) is 15.2 Å². The van der Waals surface area contributed by atoms with Gasteiger partial charge in [0, 0.05) is 30.7 Å². The summed E-state index contributed by atoms with van der Waals surface area (Å²) in [4.78, 5) is 15.6. The lowest BCUT2D eigenvalue weighted by molar-refractivity contribution is 0.0903. The van der Waals surface area contributed by atoms with Gasteiger partial charge in [0.25, 0.3) is 5.91 Å². The van der Waals surface area contributed by atoms with E-state index < -0.39 is 0 Å². The third-order valence-electron chi connectivity index (χ3n) is 6.91. The molecule has 5 heteroatoms. The largest absolute Gasteiger partial charge is 0.396 e.